The van der Waals surface area contributed by atoms with Crippen LogP contribution in [0, 0.1) is 0 Å². The zero-order chi connectivity index (χ0) is 23.5. The number of likely N-dealkylation sites (tertiary alicyclic amines) is 1. The fraction of sp³-hybridized carbons (Fsp3) is 0.400. The fourth-order valence-electron chi connectivity index (χ4n) is 4.76. The number of β-amino-alcohol motifs (C(OH)–C–C–N with tert-alkyl or cyclic N) is 1. The average Bonchev–Trinajstić information content (AvgIpc) is 3.35. The maximum Gasteiger partial charge on any atom is 0.407 e. The van der Waals surface area contributed by atoms with Gasteiger partial charge >= 0.3 is 12.1 Å². The van der Waals surface area contributed by atoms with Crippen LogP contribution in [0.1, 0.15) is 43.2 Å². The van der Waals surface area contributed by atoms with E-state index in [1.165, 1.54) is 4.90 Å². The first-order chi connectivity index (χ1) is 15.9. The standard InChI is InChI=1S/C25H28N2O6/c1-2-15(11-23(29)27-13-16(28)12-22(27)24(30)31)26-25(32)33-14-21-19-9-5-3-7-17(19)18-8-4-6-10-20(18)21/h3-10,15-16,21-22,28H,2,11-14H2,1H3,(H,26,32)(H,30,31)/t15-,16-,22-/m1/s1. The van der Waals surface area contributed by atoms with Gasteiger partial charge in [-0.05, 0) is 28.7 Å². The molecule has 4 rings (SSSR count). The zero-order valence-electron chi connectivity index (χ0n) is 18.4. The Balaban J connectivity index is 1.36. The molecule has 0 aromatic heterocycles. The van der Waals surface area contributed by atoms with Gasteiger partial charge < -0.3 is 25.2 Å². The third-order valence-electron chi connectivity index (χ3n) is 6.46. The highest BCUT2D eigenvalue weighted by Gasteiger charge is 2.39. The highest BCUT2D eigenvalue weighted by Crippen LogP contribution is 2.44. The molecule has 33 heavy (non-hydrogen) atoms. The lowest BCUT2D eigenvalue weighted by atomic mass is 9.98. The molecule has 1 aliphatic carbocycles. The van der Waals surface area contributed by atoms with Crippen molar-refractivity contribution in [2.75, 3.05) is 13.2 Å². The molecule has 1 aliphatic heterocycles. The molecule has 0 spiro atoms. The Kier molecular flexibility index (Phi) is 6.65. The van der Waals surface area contributed by atoms with Crippen LogP contribution in [0.3, 0.4) is 0 Å². The highest BCUT2D eigenvalue weighted by molar-refractivity contribution is 5.85. The molecular weight excluding hydrogens is 424 g/mol. The van der Waals surface area contributed by atoms with Crippen LogP contribution in [0.2, 0.25) is 0 Å². The van der Waals surface area contributed by atoms with Crippen LogP contribution in [-0.2, 0) is 14.3 Å². The molecule has 3 atom stereocenters. The minimum atomic E-state index is -1.14. The molecule has 2 aromatic rings. The molecule has 0 saturated carbocycles. The molecule has 1 fully saturated rings. The third kappa shape index (κ3) is 4.71. The Hall–Kier alpha value is -3.39. The van der Waals surface area contributed by atoms with Crippen molar-refractivity contribution >= 4 is 18.0 Å². The van der Waals surface area contributed by atoms with Gasteiger partial charge in [0.15, 0.2) is 0 Å². The number of carboxylic acid groups (broad SMARTS) is 1. The Morgan fingerprint density at radius 2 is 1.70 bits per heavy atom. The molecule has 3 N–H and O–H groups in total. The lowest BCUT2D eigenvalue weighted by molar-refractivity contribution is -0.148. The topological polar surface area (TPSA) is 116 Å². The Bertz CT molecular complexity index is 1010. The number of ether oxygens (including phenoxy) is 1. The molecule has 0 unspecified atom stereocenters. The second kappa shape index (κ2) is 9.62. The molecule has 2 amide bonds. The van der Waals surface area contributed by atoms with Crippen LogP contribution in [0.15, 0.2) is 48.5 Å². The van der Waals surface area contributed by atoms with Gasteiger partial charge in [0, 0.05) is 31.3 Å². The zero-order valence-corrected chi connectivity index (χ0v) is 18.4. The van der Waals surface area contributed by atoms with E-state index >= 15 is 0 Å². The smallest absolute Gasteiger partial charge is 0.407 e. The van der Waals surface area contributed by atoms with E-state index in [1.807, 2.05) is 43.3 Å². The quantitative estimate of drug-likeness (QED) is 0.595. The van der Waals surface area contributed by atoms with Gasteiger partial charge in [-0.25, -0.2) is 9.59 Å². The van der Waals surface area contributed by atoms with E-state index in [-0.39, 0.29) is 31.9 Å². The number of aliphatic hydroxyl groups is 1. The number of nitrogens with zero attached hydrogens (tertiary/aromatic N) is 1. The molecule has 8 nitrogen and oxygen atoms in total. The van der Waals surface area contributed by atoms with E-state index in [1.54, 1.807) is 0 Å². The Morgan fingerprint density at radius 1 is 1.09 bits per heavy atom. The number of nitrogens with one attached hydrogen (secondary N) is 1. The first-order valence-corrected chi connectivity index (χ1v) is 11.2. The summed E-state index contributed by atoms with van der Waals surface area (Å²) in [6.07, 6.45) is -1.04. The van der Waals surface area contributed by atoms with Gasteiger partial charge in [0.1, 0.15) is 12.6 Å². The second-order valence-corrected chi connectivity index (χ2v) is 8.57. The van der Waals surface area contributed by atoms with E-state index in [4.69, 9.17) is 4.74 Å². The minimum Gasteiger partial charge on any atom is -0.480 e. The van der Waals surface area contributed by atoms with Gasteiger partial charge in [-0.1, -0.05) is 55.5 Å². The van der Waals surface area contributed by atoms with Crippen molar-refractivity contribution in [2.24, 2.45) is 0 Å². The van der Waals surface area contributed by atoms with Gasteiger partial charge in [-0.2, -0.15) is 0 Å². The summed E-state index contributed by atoms with van der Waals surface area (Å²) in [5, 5.41) is 21.8. The van der Waals surface area contributed by atoms with Crippen molar-refractivity contribution in [3.8, 4) is 11.1 Å². The largest absolute Gasteiger partial charge is 0.480 e. The van der Waals surface area contributed by atoms with Crippen LogP contribution in [-0.4, -0.2) is 64.4 Å². The van der Waals surface area contributed by atoms with Crippen molar-refractivity contribution < 1.29 is 29.3 Å². The van der Waals surface area contributed by atoms with Gasteiger partial charge in [0.2, 0.25) is 5.91 Å². The number of amides is 2. The molecule has 2 aromatic carbocycles. The lowest BCUT2D eigenvalue weighted by Crippen LogP contribution is -2.44. The monoisotopic (exact) mass is 452 g/mol. The van der Waals surface area contributed by atoms with E-state index in [0.29, 0.717) is 6.42 Å². The maximum absolute atomic E-state index is 12.7. The van der Waals surface area contributed by atoms with Crippen molar-refractivity contribution in [2.45, 2.75) is 50.3 Å². The number of hydrogen-bond acceptors (Lipinski definition) is 5. The van der Waals surface area contributed by atoms with E-state index in [0.717, 1.165) is 22.3 Å². The number of alkyl carbamates (subject to hydrolysis) is 1. The molecule has 8 heteroatoms. The predicted octanol–water partition coefficient (Wildman–Crippen LogP) is 2.74. The number of rotatable bonds is 7. The van der Waals surface area contributed by atoms with Crippen molar-refractivity contribution in [3.05, 3.63) is 59.7 Å². The number of aliphatic carboxylic acids is 1. The molecule has 0 bridgehead atoms. The van der Waals surface area contributed by atoms with E-state index in [9.17, 15) is 24.6 Å². The van der Waals surface area contributed by atoms with Crippen LogP contribution < -0.4 is 5.32 Å². The van der Waals surface area contributed by atoms with Gasteiger partial charge in [-0.3, -0.25) is 4.79 Å². The van der Waals surface area contributed by atoms with Crippen LogP contribution in [0.5, 0.6) is 0 Å². The lowest BCUT2D eigenvalue weighted by Gasteiger charge is -2.24. The molecular formula is C25H28N2O6. The highest BCUT2D eigenvalue weighted by atomic mass is 16.5. The number of fused-ring (bicyclic) bond motifs is 3. The summed E-state index contributed by atoms with van der Waals surface area (Å²) in [6, 6.07) is 14.6. The summed E-state index contributed by atoms with van der Waals surface area (Å²) >= 11 is 0. The SMILES string of the molecule is CC[C@H](CC(=O)N1C[C@H](O)C[C@@H]1C(=O)O)NC(=O)OCC1c2ccccc2-c2ccccc21. The van der Waals surface area contributed by atoms with Crippen molar-refractivity contribution in [1.82, 2.24) is 10.2 Å². The second-order valence-electron chi connectivity index (χ2n) is 8.57. The van der Waals surface area contributed by atoms with Crippen LogP contribution in [0.25, 0.3) is 11.1 Å². The van der Waals surface area contributed by atoms with E-state index < -0.39 is 36.2 Å². The van der Waals surface area contributed by atoms with Gasteiger partial charge in [-0.15, -0.1) is 0 Å². The molecule has 2 aliphatic rings. The van der Waals surface area contributed by atoms with Gasteiger partial charge in [0.05, 0.1) is 6.10 Å². The maximum atomic E-state index is 12.7. The summed E-state index contributed by atoms with van der Waals surface area (Å²) in [7, 11) is 0. The number of carboxylic acids is 1. The summed E-state index contributed by atoms with van der Waals surface area (Å²) in [5.41, 5.74) is 4.50. The summed E-state index contributed by atoms with van der Waals surface area (Å²) < 4.78 is 5.55. The number of benzene rings is 2. The third-order valence-corrected chi connectivity index (χ3v) is 6.46. The first-order valence-electron chi connectivity index (χ1n) is 11.2. The van der Waals surface area contributed by atoms with Crippen LogP contribution >= 0.6 is 0 Å². The summed E-state index contributed by atoms with van der Waals surface area (Å²) in [5.74, 6) is -1.62. The average molecular weight is 453 g/mol. The van der Waals surface area contributed by atoms with Crippen molar-refractivity contribution in [3.63, 3.8) is 0 Å². The number of carbonyl (C=O) groups is 3. The molecule has 174 valence electrons. The summed E-state index contributed by atoms with van der Waals surface area (Å²) in [4.78, 5) is 37.7. The Labute approximate surface area is 192 Å². The predicted molar refractivity (Wildman–Crippen MR) is 121 cm³/mol. The number of hydrogen-bond donors (Lipinski definition) is 3. The minimum absolute atomic E-state index is 0.0116. The van der Waals surface area contributed by atoms with E-state index in [2.05, 4.69) is 17.4 Å². The number of aliphatic hydroxyl groups excluding tert-OH is 1. The van der Waals surface area contributed by atoms with Gasteiger partial charge in [0.25, 0.3) is 0 Å². The van der Waals surface area contributed by atoms with Crippen LogP contribution in [0.4, 0.5) is 4.79 Å². The van der Waals surface area contributed by atoms with Crippen molar-refractivity contribution in [1.29, 1.82) is 0 Å². The number of carbonyl (C=O) groups excluding carboxylic acids is 2. The Morgan fingerprint density at radius 3 is 2.27 bits per heavy atom. The first kappa shape index (κ1) is 22.8. The molecule has 0 radical (unpaired) electrons. The fourth-order valence-corrected chi connectivity index (χ4v) is 4.76. The molecule has 1 heterocycles. The normalized spacial score (nSPS) is 20.1. The molecule has 1 saturated heterocycles. The summed E-state index contributed by atoms with van der Waals surface area (Å²) in [6.45, 7) is 1.98.